The number of carboxylic acid groups (broad SMARTS) is 2. The second kappa shape index (κ2) is 8.90. The summed E-state index contributed by atoms with van der Waals surface area (Å²) in [5.74, 6) is -5.47. The monoisotopic (exact) mass is 441 g/mol. The highest BCUT2D eigenvalue weighted by molar-refractivity contribution is 5.84. The van der Waals surface area contributed by atoms with E-state index in [9.17, 15) is 33.4 Å². The summed E-state index contributed by atoms with van der Waals surface area (Å²) in [4.78, 5) is 36.7. The zero-order valence-electron chi connectivity index (χ0n) is 18.2. The second-order valence-electron chi connectivity index (χ2n) is 8.32. The Balaban J connectivity index is 2.93. The average molecular weight is 441 g/mol. The van der Waals surface area contributed by atoms with Gasteiger partial charge < -0.3 is 20.3 Å². The molecule has 0 aromatic heterocycles. The smallest absolute Gasteiger partial charge is 0.312 e. The third-order valence-electron chi connectivity index (χ3n) is 6.78. The summed E-state index contributed by atoms with van der Waals surface area (Å²) in [6.45, 7) is 6.48. The molecule has 9 heteroatoms. The third kappa shape index (κ3) is 3.91. The first-order valence-electron chi connectivity index (χ1n) is 10.1. The Morgan fingerprint density at radius 3 is 2.32 bits per heavy atom. The van der Waals surface area contributed by atoms with E-state index in [0.29, 0.717) is 0 Å². The highest BCUT2D eigenvalue weighted by Gasteiger charge is 2.66. The third-order valence-corrected chi connectivity index (χ3v) is 6.78. The van der Waals surface area contributed by atoms with E-state index in [2.05, 4.69) is 5.32 Å². The van der Waals surface area contributed by atoms with Gasteiger partial charge >= 0.3 is 17.9 Å². The number of ether oxygens (including phenoxy) is 1. The lowest BCUT2D eigenvalue weighted by molar-refractivity contribution is -0.176. The molecule has 6 unspecified atom stereocenters. The Morgan fingerprint density at radius 2 is 1.87 bits per heavy atom. The van der Waals surface area contributed by atoms with Crippen LogP contribution in [0.1, 0.15) is 64.3 Å². The van der Waals surface area contributed by atoms with E-state index >= 15 is 0 Å². The van der Waals surface area contributed by atoms with Gasteiger partial charge in [-0.2, -0.15) is 0 Å². The highest BCUT2D eigenvalue weighted by atomic mass is 19.1. The fourth-order valence-corrected chi connectivity index (χ4v) is 5.02. The van der Waals surface area contributed by atoms with Crippen LogP contribution in [0.5, 0.6) is 0 Å². The molecular weight excluding hydrogens is 412 g/mol. The average Bonchev–Trinajstić information content (AvgIpc) is 2.67. The largest absolute Gasteiger partial charge is 0.481 e. The van der Waals surface area contributed by atoms with E-state index in [0.717, 1.165) is 13.0 Å². The fraction of sp³-hybridized carbons (Fsp3) is 0.591. The Bertz CT molecular complexity index is 876. The van der Waals surface area contributed by atoms with Gasteiger partial charge in [0.15, 0.2) is 0 Å². The van der Waals surface area contributed by atoms with E-state index in [4.69, 9.17) is 4.74 Å². The number of carboxylic acids is 2. The number of hydrogen-bond acceptors (Lipinski definition) is 5. The molecule has 7 nitrogen and oxygen atoms in total. The molecule has 1 fully saturated rings. The molecule has 31 heavy (non-hydrogen) atoms. The first-order chi connectivity index (χ1) is 14.3. The number of hydrogen-bond donors (Lipinski definition) is 3. The lowest BCUT2D eigenvalue weighted by Crippen LogP contribution is -2.70. The van der Waals surface area contributed by atoms with Crippen LogP contribution in [0.3, 0.4) is 0 Å². The lowest BCUT2D eigenvalue weighted by atomic mass is 9.50. The van der Waals surface area contributed by atoms with Gasteiger partial charge in [0.1, 0.15) is 18.6 Å². The molecule has 1 aliphatic heterocycles. The second-order valence-corrected chi connectivity index (χ2v) is 8.32. The number of aliphatic carboxylic acids is 2. The number of esters is 1. The minimum Gasteiger partial charge on any atom is -0.481 e. The zero-order chi connectivity index (χ0) is 23.7. The summed E-state index contributed by atoms with van der Waals surface area (Å²) in [5.41, 5.74) is -3.94. The molecule has 3 N–H and O–H groups in total. The SMILES string of the molecule is CCC1(C(=O)O)C(COC(C)=O)NC(C)C(C)(C(=O)O)C1c1cccc(F)c1C(C)F. The maximum Gasteiger partial charge on any atom is 0.312 e. The molecule has 1 aromatic carbocycles. The van der Waals surface area contributed by atoms with Crippen LogP contribution in [-0.2, 0) is 19.1 Å². The molecule has 0 bridgehead atoms. The number of alkyl halides is 1. The van der Waals surface area contributed by atoms with Crippen LogP contribution in [0, 0.1) is 16.6 Å². The minimum atomic E-state index is -1.83. The molecule has 0 aliphatic carbocycles. The van der Waals surface area contributed by atoms with Gasteiger partial charge in [0.05, 0.1) is 16.9 Å². The molecule has 0 saturated carbocycles. The predicted octanol–water partition coefficient (Wildman–Crippen LogP) is 3.44. The quantitative estimate of drug-likeness (QED) is 0.556. The summed E-state index contributed by atoms with van der Waals surface area (Å²) in [5, 5.41) is 23.6. The van der Waals surface area contributed by atoms with Crippen LogP contribution in [0.2, 0.25) is 0 Å². The van der Waals surface area contributed by atoms with Crippen molar-refractivity contribution in [1.29, 1.82) is 0 Å². The van der Waals surface area contributed by atoms with E-state index in [-0.39, 0.29) is 24.2 Å². The van der Waals surface area contributed by atoms with Gasteiger partial charge in [0.25, 0.3) is 0 Å². The Morgan fingerprint density at radius 1 is 1.26 bits per heavy atom. The lowest BCUT2D eigenvalue weighted by Gasteiger charge is -2.56. The van der Waals surface area contributed by atoms with E-state index < -0.39 is 58.7 Å². The topological polar surface area (TPSA) is 113 Å². The van der Waals surface area contributed by atoms with Crippen molar-refractivity contribution < 1.29 is 38.1 Å². The summed E-state index contributed by atoms with van der Waals surface area (Å²) in [6, 6.07) is 1.96. The van der Waals surface area contributed by atoms with Crippen molar-refractivity contribution in [2.24, 2.45) is 10.8 Å². The number of carbonyl (C=O) groups is 3. The van der Waals surface area contributed by atoms with Crippen molar-refractivity contribution >= 4 is 17.9 Å². The van der Waals surface area contributed by atoms with Crippen molar-refractivity contribution in [3.63, 3.8) is 0 Å². The molecule has 0 radical (unpaired) electrons. The molecular formula is C22H29F2NO6. The van der Waals surface area contributed by atoms with Crippen LogP contribution in [0.4, 0.5) is 8.78 Å². The summed E-state index contributed by atoms with van der Waals surface area (Å²) in [6.07, 6.45) is -1.87. The number of benzene rings is 1. The van der Waals surface area contributed by atoms with Crippen LogP contribution >= 0.6 is 0 Å². The van der Waals surface area contributed by atoms with Gasteiger partial charge in [0, 0.05) is 24.4 Å². The van der Waals surface area contributed by atoms with E-state index in [1.165, 1.54) is 26.0 Å². The van der Waals surface area contributed by atoms with Crippen LogP contribution in [-0.4, -0.2) is 46.8 Å². The first-order valence-corrected chi connectivity index (χ1v) is 10.1. The molecule has 172 valence electrons. The Hall–Kier alpha value is -2.55. The van der Waals surface area contributed by atoms with Crippen molar-refractivity contribution in [3.8, 4) is 0 Å². The molecule has 2 rings (SSSR count). The van der Waals surface area contributed by atoms with Crippen molar-refractivity contribution in [2.45, 2.75) is 65.2 Å². The van der Waals surface area contributed by atoms with Crippen molar-refractivity contribution in [3.05, 3.63) is 35.1 Å². The van der Waals surface area contributed by atoms with Crippen LogP contribution in [0.25, 0.3) is 0 Å². The van der Waals surface area contributed by atoms with E-state index in [1.54, 1.807) is 13.8 Å². The molecule has 1 aromatic rings. The fourth-order valence-electron chi connectivity index (χ4n) is 5.02. The number of nitrogens with one attached hydrogen (secondary N) is 1. The maximum atomic E-state index is 14.7. The molecule has 1 aliphatic rings. The number of piperidine rings is 1. The summed E-state index contributed by atoms with van der Waals surface area (Å²) < 4.78 is 34.3. The summed E-state index contributed by atoms with van der Waals surface area (Å²) in [7, 11) is 0. The van der Waals surface area contributed by atoms with Crippen molar-refractivity contribution in [2.75, 3.05) is 6.61 Å². The number of halogens is 2. The Labute approximate surface area is 179 Å². The van der Waals surface area contributed by atoms with Gasteiger partial charge in [-0.3, -0.25) is 14.4 Å². The standard InChI is InChI=1S/C22H29F2NO6/c1-6-22(20(29)30)16(10-31-13(4)26)25-12(3)21(5,19(27)28)18(22)14-8-7-9-15(24)17(14)11(2)23/h7-9,11-12,16,18,25H,6,10H2,1-5H3,(H,27,28)(H,29,30). The molecule has 1 heterocycles. The molecule has 6 atom stereocenters. The minimum absolute atomic E-state index is 0.00896. The van der Waals surface area contributed by atoms with Gasteiger partial charge in [0.2, 0.25) is 0 Å². The Kier molecular flexibility index (Phi) is 7.10. The predicted molar refractivity (Wildman–Crippen MR) is 108 cm³/mol. The number of rotatable bonds is 7. The van der Waals surface area contributed by atoms with Crippen LogP contribution < -0.4 is 5.32 Å². The van der Waals surface area contributed by atoms with Gasteiger partial charge in [-0.05, 0) is 38.8 Å². The molecule has 1 saturated heterocycles. The van der Waals surface area contributed by atoms with E-state index in [1.807, 2.05) is 0 Å². The summed E-state index contributed by atoms with van der Waals surface area (Å²) >= 11 is 0. The van der Waals surface area contributed by atoms with Gasteiger partial charge in [-0.1, -0.05) is 19.1 Å². The first kappa shape index (κ1) is 24.7. The van der Waals surface area contributed by atoms with Crippen LogP contribution in [0.15, 0.2) is 18.2 Å². The zero-order valence-corrected chi connectivity index (χ0v) is 18.2. The molecule has 0 amide bonds. The van der Waals surface area contributed by atoms with Gasteiger partial charge in [-0.15, -0.1) is 0 Å². The highest BCUT2D eigenvalue weighted by Crippen LogP contribution is 2.58. The van der Waals surface area contributed by atoms with Crippen molar-refractivity contribution in [1.82, 2.24) is 5.32 Å². The maximum absolute atomic E-state index is 14.7. The number of carbonyl (C=O) groups excluding carboxylic acids is 1. The van der Waals surface area contributed by atoms with Gasteiger partial charge in [-0.25, -0.2) is 8.78 Å². The normalized spacial score (nSPS) is 31.6. The molecule has 0 spiro atoms.